The predicted molar refractivity (Wildman–Crippen MR) is 219 cm³/mol. The number of imidazole rings is 2. The van der Waals surface area contributed by atoms with E-state index in [4.69, 9.17) is 19.4 Å². The quantitative estimate of drug-likeness (QED) is 0.121. The van der Waals surface area contributed by atoms with E-state index in [0.29, 0.717) is 18.9 Å². The number of methoxy groups -OCH3 is 2. The number of hydrogen-bond acceptors (Lipinski definition) is 8. The smallest absolute Gasteiger partial charge is 0.407 e. The Morgan fingerprint density at radius 1 is 0.655 bits per heavy atom. The van der Waals surface area contributed by atoms with Crippen LogP contribution >= 0.6 is 0 Å². The van der Waals surface area contributed by atoms with E-state index >= 15 is 0 Å². The van der Waals surface area contributed by atoms with Crippen molar-refractivity contribution < 1.29 is 28.7 Å². The Bertz CT molecular complexity index is 2390. The number of aromatic amines is 2. The molecule has 4 amide bonds. The largest absolute Gasteiger partial charge is 0.453 e. The van der Waals surface area contributed by atoms with Gasteiger partial charge in [-0.2, -0.15) is 0 Å². The van der Waals surface area contributed by atoms with E-state index in [0.717, 1.165) is 75.8 Å². The maximum Gasteiger partial charge on any atom is 0.407 e. The Kier molecular flexibility index (Phi) is 11.7. The molecule has 302 valence electrons. The number of nitrogens with zero attached hydrogens (tertiary/aromatic N) is 4. The summed E-state index contributed by atoms with van der Waals surface area (Å²) in [5, 5.41) is 5.40. The Hall–Kier alpha value is -6.36. The molecule has 0 radical (unpaired) electrons. The van der Waals surface area contributed by atoms with Crippen molar-refractivity contribution >= 4 is 46.1 Å². The van der Waals surface area contributed by atoms with Crippen LogP contribution < -0.4 is 10.6 Å². The third-order valence-corrected chi connectivity index (χ3v) is 11.1. The number of carbonyl (C=O) groups excluding carboxylic acids is 4. The zero-order valence-electron chi connectivity index (χ0n) is 33.7. The summed E-state index contributed by atoms with van der Waals surface area (Å²) in [5.41, 5.74) is 7.07. The fraction of sp³-hybridized carbons (Fsp3) is 0.409. The van der Waals surface area contributed by atoms with Crippen molar-refractivity contribution in [3.8, 4) is 23.0 Å². The Morgan fingerprint density at radius 3 is 1.60 bits per heavy atom. The van der Waals surface area contributed by atoms with Gasteiger partial charge in [-0.05, 0) is 91.1 Å². The number of likely N-dealkylation sites (tertiary alicyclic amines) is 2. The number of fused-ring (bicyclic) bond motifs is 2. The third-order valence-electron chi connectivity index (χ3n) is 11.1. The maximum atomic E-state index is 13.6. The van der Waals surface area contributed by atoms with Crippen LogP contribution in [0.15, 0.2) is 60.7 Å². The molecule has 14 nitrogen and oxygen atoms in total. The van der Waals surface area contributed by atoms with Crippen molar-refractivity contribution in [2.75, 3.05) is 27.3 Å². The van der Waals surface area contributed by atoms with E-state index in [1.165, 1.54) is 14.2 Å². The molecule has 2 aliphatic heterocycles. The summed E-state index contributed by atoms with van der Waals surface area (Å²) in [6, 6.07) is 18.2. The van der Waals surface area contributed by atoms with E-state index < -0.39 is 24.3 Å². The van der Waals surface area contributed by atoms with Gasteiger partial charge in [0, 0.05) is 24.2 Å². The molecule has 0 spiro atoms. The van der Waals surface area contributed by atoms with Gasteiger partial charge in [-0.15, -0.1) is 0 Å². The number of H-pyrrole nitrogens is 2. The number of aromatic nitrogens is 4. The molecular formula is C44H50N8O6. The molecule has 4 heterocycles. The minimum absolute atomic E-state index is 0.109. The van der Waals surface area contributed by atoms with E-state index in [2.05, 4.69) is 38.5 Å². The minimum Gasteiger partial charge on any atom is -0.453 e. The lowest BCUT2D eigenvalue weighted by molar-refractivity contribution is -0.136. The number of ether oxygens (including phenoxy) is 2. The van der Waals surface area contributed by atoms with Crippen molar-refractivity contribution in [2.24, 2.45) is 11.8 Å². The third kappa shape index (κ3) is 8.34. The number of hydrogen-bond donors (Lipinski definition) is 4. The second kappa shape index (κ2) is 17.0. The first kappa shape index (κ1) is 39.9. The van der Waals surface area contributed by atoms with Gasteiger partial charge in [0.05, 0.1) is 48.4 Å². The molecule has 58 heavy (non-hydrogen) atoms. The number of benzene rings is 3. The van der Waals surface area contributed by atoms with Crippen LogP contribution in [0.2, 0.25) is 0 Å². The average Bonchev–Trinajstić information content (AvgIpc) is 4.05. The predicted octanol–water partition coefficient (Wildman–Crippen LogP) is 6.59. The monoisotopic (exact) mass is 786 g/mol. The van der Waals surface area contributed by atoms with Crippen LogP contribution in [0.4, 0.5) is 9.59 Å². The van der Waals surface area contributed by atoms with Gasteiger partial charge >= 0.3 is 12.2 Å². The first-order valence-corrected chi connectivity index (χ1v) is 19.9. The van der Waals surface area contributed by atoms with Gasteiger partial charge in [0.15, 0.2) is 0 Å². The molecule has 0 saturated carbocycles. The summed E-state index contributed by atoms with van der Waals surface area (Å²) in [4.78, 5) is 71.3. The molecule has 7 rings (SSSR count). The SMILES string of the molecule is COC(=O)N[C@H](C(=O)N1CCCC1c1nc2ccc(C#Cc3ccc(-c4ccc5nc(C6CCCN6C(=O)[C@@H](NC(=O)OC)C(C)C)[nH]c5c4)cc3)cc2[nH]1)C(C)C. The highest BCUT2D eigenvalue weighted by Gasteiger charge is 2.39. The van der Waals surface area contributed by atoms with Crippen LogP contribution in [-0.4, -0.2) is 93.1 Å². The van der Waals surface area contributed by atoms with Crippen LogP contribution in [0.1, 0.15) is 88.2 Å². The fourth-order valence-electron chi connectivity index (χ4n) is 7.91. The first-order valence-electron chi connectivity index (χ1n) is 19.9. The zero-order chi connectivity index (χ0) is 41.1. The minimum atomic E-state index is -0.696. The highest BCUT2D eigenvalue weighted by molar-refractivity contribution is 5.88. The van der Waals surface area contributed by atoms with Gasteiger partial charge in [0.25, 0.3) is 0 Å². The number of alkyl carbamates (subject to hydrolysis) is 2. The Balaban J connectivity index is 1.03. The van der Waals surface area contributed by atoms with Crippen molar-refractivity contribution in [1.29, 1.82) is 0 Å². The van der Waals surface area contributed by atoms with Crippen molar-refractivity contribution in [2.45, 2.75) is 77.5 Å². The van der Waals surface area contributed by atoms with Gasteiger partial charge in [-0.1, -0.05) is 57.7 Å². The van der Waals surface area contributed by atoms with Gasteiger partial charge in [-0.25, -0.2) is 19.6 Å². The molecule has 0 bridgehead atoms. The lowest BCUT2D eigenvalue weighted by Crippen LogP contribution is -2.51. The van der Waals surface area contributed by atoms with Crippen LogP contribution in [0.25, 0.3) is 33.2 Å². The molecule has 2 aliphatic rings. The number of nitrogens with one attached hydrogen (secondary N) is 4. The number of amides is 4. The van der Waals surface area contributed by atoms with Gasteiger partial charge in [-0.3, -0.25) is 9.59 Å². The molecule has 3 aromatic carbocycles. The highest BCUT2D eigenvalue weighted by atomic mass is 16.5. The van der Waals surface area contributed by atoms with Crippen molar-refractivity contribution in [3.05, 3.63) is 83.4 Å². The summed E-state index contributed by atoms with van der Waals surface area (Å²) in [6.07, 6.45) is 1.98. The standard InChI is InChI=1S/C44H50N8O6/c1-25(2)37(49-43(55)57-5)41(53)51-21-7-9-35(51)39-45-31-19-15-28(23-33(31)47-39)12-11-27-13-16-29(17-14-27)30-18-20-32-34(24-30)48-40(46-32)36-10-8-22-52(36)42(54)38(26(3)4)50-44(56)58-6/h13-20,23-26,35-38H,7-10,21-22H2,1-6H3,(H,45,47)(H,46,48)(H,49,55)(H,50,56)/t35?,36?,37-,38-/m0/s1. The molecule has 2 aromatic heterocycles. The lowest BCUT2D eigenvalue weighted by atomic mass is 10.0. The number of carbonyl (C=O) groups is 4. The molecule has 2 saturated heterocycles. The molecule has 14 heteroatoms. The molecule has 2 unspecified atom stereocenters. The average molecular weight is 787 g/mol. The van der Waals surface area contributed by atoms with Crippen LogP contribution in [0, 0.1) is 23.7 Å². The van der Waals surface area contributed by atoms with E-state index in [9.17, 15) is 19.2 Å². The summed E-state index contributed by atoms with van der Waals surface area (Å²) in [6.45, 7) is 8.77. The molecular weight excluding hydrogens is 737 g/mol. The summed E-state index contributed by atoms with van der Waals surface area (Å²) >= 11 is 0. The van der Waals surface area contributed by atoms with Crippen molar-refractivity contribution in [1.82, 2.24) is 40.4 Å². The molecule has 2 fully saturated rings. The summed E-state index contributed by atoms with van der Waals surface area (Å²) < 4.78 is 9.52. The maximum absolute atomic E-state index is 13.6. The van der Waals surface area contributed by atoms with E-state index in [1.54, 1.807) is 4.90 Å². The molecule has 0 aliphatic carbocycles. The van der Waals surface area contributed by atoms with Crippen LogP contribution in [0.5, 0.6) is 0 Å². The van der Waals surface area contributed by atoms with Gasteiger partial charge in [0.2, 0.25) is 11.8 Å². The summed E-state index contributed by atoms with van der Waals surface area (Å²) in [5.74, 6) is 7.49. The molecule has 5 aromatic rings. The molecule has 4 N–H and O–H groups in total. The topological polar surface area (TPSA) is 175 Å². The fourth-order valence-corrected chi connectivity index (χ4v) is 7.91. The van der Waals surface area contributed by atoms with Gasteiger partial charge < -0.3 is 39.9 Å². The summed E-state index contributed by atoms with van der Waals surface area (Å²) in [7, 11) is 2.58. The normalized spacial score (nSPS) is 17.7. The Morgan fingerprint density at radius 2 is 1.10 bits per heavy atom. The highest BCUT2D eigenvalue weighted by Crippen LogP contribution is 2.35. The Labute approximate surface area is 337 Å². The first-order chi connectivity index (χ1) is 27.9. The number of rotatable bonds is 9. The van der Waals surface area contributed by atoms with E-state index in [-0.39, 0.29) is 35.7 Å². The van der Waals surface area contributed by atoms with Crippen LogP contribution in [-0.2, 0) is 19.1 Å². The van der Waals surface area contributed by atoms with Crippen molar-refractivity contribution in [3.63, 3.8) is 0 Å². The lowest BCUT2D eigenvalue weighted by Gasteiger charge is -2.29. The van der Waals surface area contributed by atoms with Gasteiger partial charge in [0.1, 0.15) is 23.7 Å². The van der Waals surface area contributed by atoms with E-state index in [1.807, 2.05) is 87.2 Å². The zero-order valence-corrected chi connectivity index (χ0v) is 33.7. The van der Waals surface area contributed by atoms with Crippen LogP contribution in [0.3, 0.4) is 0 Å². The second-order valence-electron chi connectivity index (χ2n) is 15.6. The molecule has 4 atom stereocenters. The second-order valence-corrected chi connectivity index (χ2v) is 15.6.